The molecule has 0 spiro atoms. The Morgan fingerprint density at radius 3 is 2.65 bits per heavy atom. The first kappa shape index (κ1) is 14.5. The van der Waals surface area contributed by atoms with Gasteiger partial charge in [0.2, 0.25) is 0 Å². The number of hydrogen-bond donors (Lipinski definition) is 2. The first-order chi connectivity index (χ1) is 9.47. The van der Waals surface area contributed by atoms with Gasteiger partial charge in [-0.25, -0.2) is 9.18 Å². The van der Waals surface area contributed by atoms with Crippen molar-refractivity contribution in [2.24, 2.45) is 0 Å². The van der Waals surface area contributed by atoms with Gasteiger partial charge >= 0.3 is 5.97 Å². The van der Waals surface area contributed by atoms with Gasteiger partial charge < -0.3 is 10.4 Å². The second-order valence-corrected chi connectivity index (χ2v) is 5.34. The number of anilines is 1. The molecule has 0 bridgehead atoms. The molecule has 5 heteroatoms. The van der Waals surface area contributed by atoms with E-state index in [1.165, 1.54) is 12.1 Å². The molecule has 0 aliphatic heterocycles. The number of benzene rings is 2. The van der Waals surface area contributed by atoms with Crippen molar-refractivity contribution in [2.45, 2.75) is 13.0 Å². The van der Waals surface area contributed by atoms with Gasteiger partial charge in [-0.3, -0.25) is 0 Å². The summed E-state index contributed by atoms with van der Waals surface area (Å²) in [6.07, 6.45) is 0. The van der Waals surface area contributed by atoms with Gasteiger partial charge in [0.1, 0.15) is 5.82 Å². The molecule has 2 aromatic carbocycles. The van der Waals surface area contributed by atoms with Crippen LogP contribution in [0.2, 0.25) is 0 Å². The van der Waals surface area contributed by atoms with Gasteiger partial charge in [0.05, 0.1) is 11.3 Å². The first-order valence-electron chi connectivity index (χ1n) is 6.02. The largest absolute Gasteiger partial charge is 0.478 e. The van der Waals surface area contributed by atoms with Gasteiger partial charge in [0.15, 0.2) is 0 Å². The van der Waals surface area contributed by atoms with Crippen LogP contribution < -0.4 is 5.32 Å². The molecule has 2 rings (SSSR count). The third kappa shape index (κ3) is 3.36. The topological polar surface area (TPSA) is 49.3 Å². The van der Waals surface area contributed by atoms with Crippen molar-refractivity contribution < 1.29 is 14.3 Å². The summed E-state index contributed by atoms with van der Waals surface area (Å²) >= 11 is 3.39. The van der Waals surface area contributed by atoms with E-state index < -0.39 is 11.8 Å². The van der Waals surface area contributed by atoms with E-state index in [1.807, 2.05) is 31.2 Å². The lowest BCUT2D eigenvalue weighted by molar-refractivity contribution is 0.0696. The Kier molecular flexibility index (Phi) is 4.39. The van der Waals surface area contributed by atoms with Crippen LogP contribution in [0, 0.1) is 5.82 Å². The Bertz CT molecular complexity index is 646. The molecule has 0 saturated heterocycles. The molecule has 0 radical (unpaired) electrons. The molecular weight excluding hydrogens is 325 g/mol. The summed E-state index contributed by atoms with van der Waals surface area (Å²) in [6.45, 7) is 1.91. The van der Waals surface area contributed by atoms with Crippen LogP contribution >= 0.6 is 15.9 Å². The van der Waals surface area contributed by atoms with Crippen molar-refractivity contribution in [2.75, 3.05) is 5.32 Å². The number of nitrogens with one attached hydrogen (secondary N) is 1. The van der Waals surface area contributed by atoms with Crippen LogP contribution in [0.25, 0.3) is 0 Å². The first-order valence-corrected chi connectivity index (χ1v) is 6.81. The van der Waals surface area contributed by atoms with Gasteiger partial charge in [-0.1, -0.05) is 28.1 Å². The van der Waals surface area contributed by atoms with Gasteiger partial charge in [0.25, 0.3) is 0 Å². The molecule has 0 saturated carbocycles. The maximum absolute atomic E-state index is 13.8. The molecule has 2 aromatic rings. The van der Waals surface area contributed by atoms with E-state index in [0.29, 0.717) is 0 Å². The molecule has 20 heavy (non-hydrogen) atoms. The highest BCUT2D eigenvalue weighted by Crippen LogP contribution is 2.24. The number of aromatic carboxylic acids is 1. The molecular formula is C15H13BrFNO2. The number of carboxylic acids is 1. The predicted octanol–water partition coefficient (Wildman–Crippen LogP) is 4.46. The fourth-order valence-electron chi connectivity index (χ4n) is 1.86. The Hall–Kier alpha value is -1.88. The number of halogens is 2. The molecule has 1 unspecified atom stereocenters. The highest BCUT2D eigenvalue weighted by molar-refractivity contribution is 9.10. The zero-order valence-electron chi connectivity index (χ0n) is 10.7. The summed E-state index contributed by atoms with van der Waals surface area (Å²) in [6, 6.07) is 11.4. The maximum Gasteiger partial charge on any atom is 0.335 e. The third-order valence-electron chi connectivity index (χ3n) is 2.94. The van der Waals surface area contributed by atoms with Crippen molar-refractivity contribution >= 4 is 27.6 Å². The summed E-state index contributed by atoms with van der Waals surface area (Å²) in [5, 5.41) is 11.8. The van der Waals surface area contributed by atoms with E-state index in [9.17, 15) is 9.18 Å². The quantitative estimate of drug-likeness (QED) is 0.865. The highest BCUT2D eigenvalue weighted by Gasteiger charge is 2.11. The van der Waals surface area contributed by atoms with Crippen LogP contribution in [0.1, 0.15) is 28.9 Å². The van der Waals surface area contributed by atoms with Gasteiger partial charge in [-0.05, 0) is 42.8 Å². The molecule has 3 nitrogen and oxygen atoms in total. The van der Waals surface area contributed by atoms with Crippen molar-refractivity contribution in [3.63, 3.8) is 0 Å². The molecule has 0 fully saturated rings. The van der Waals surface area contributed by atoms with Crippen molar-refractivity contribution in [1.82, 2.24) is 0 Å². The minimum atomic E-state index is -1.14. The Labute approximate surface area is 124 Å². The van der Waals surface area contributed by atoms with Gasteiger partial charge in [-0.2, -0.15) is 0 Å². The highest BCUT2D eigenvalue weighted by atomic mass is 79.9. The van der Waals surface area contributed by atoms with E-state index >= 15 is 0 Å². The molecule has 0 aromatic heterocycles. The molecule has 0 amide bonds. The van der Waals surface area contributed by atoms with Crippen LogP contribution in [-0.2, 0) is 0 Å². The number of carbonyl (C=O) groups is 1. The third-order valence-corrected chi connectivity index (χ3v) is 3.43. The Balaban J connectivity index is 2.19. The monoisotopic (exact) mass is 337 g/mol. The molecule has 0 aliphatic rings. The van der Waals surface area contributed by atoms with Crippen LogP contribution in [0.3, 0.4) is 0 Å². The summed E-state index contributed by atoms with van der Waals surface area (Å²) in [5.41, 5.74) is 1.21. The summed E-state index contributed by atoms with van der Waals surface area (Å²) < 4.78 is 14.8. The van der Waals surface area contributed by atoms with Crippen LogP contribution in [0.5, 0.6) is 0 Å². The number of rotatable bonds is 4. The molecule has 104 valence electrons. The summed E-state index contributed by atoms with van der Waals surface area (Å²) in [5.74, 6) is -1.72. The SMILES string of the molecule is CC(Nc1ccc(C(=O)O)cc1F)c1cccc(Br)c1. The van der Waals surface area contributed by atoms with Gasteiger partial charge in [0, 0.05) is 10.5 Å². The molecule has 1 atom stereocenters. The lowest BCUT2D eigenvalue weighted by atomic mass is 10.1. The van der Waals surface area contributed by atoms with Crippen molar-refractivity contribution in [3.05, 3.63) is 63.9 Å². The lowest BCUT2D eigenvalue weighted by Gasteiger charge is -2.16. The molecule has 0 heterocycles. The Morgan fingerprint density at radius 2 is 2.05 bits per heavy atom. The summed E-state index contributed by atoms with van der Waals surface area (Å²) in [4.78, 5) is 10.8. The van der Waals surface area contributed by atoms with E-state index in [1.54, 1.807) is 0 Å². The van der Waals surface area contributed by atoms with E-state index in [-0.39, 0.29) is 17.3 Å². The average molecular weight is 338 g/mol. The Morgan fingerprint density at radius 1 is 1.30 bits per heavy atom. The van der Waals surface area contributed by atoms with Crippen molar-refractivity contribution in [1.29, 1.82) is 0 Å². The second-order valence-electron chi connectivity index (χ2n) is 4.42. The van der Waals surface area contributed by atoms with E-state index in [4.69, 9.17) is 5.11 Å². The fraction of sp³-hybridized carbons (Fsp3) is 0.133. The van der Waals surface area contributed by atoms with Crippen LogP contribution in [0.4, 0.5) is 10.1 Å². The zero-order chi connectivity index (χ0) is 14.7. The van der Waals surface area contributed by atoms with E-state index in [2.05, 4.69) is 21.2 Å². The lowest BCUT2D eigenvalue weighted by Crippen LogP contribution is -2.08. The smallest absolute Gasteiger partial charge is 0.335 e. The number of carboxylic acid groups (broad SMARTS) is 1. The zero-order valence-corrected chi connectivity index (χ0v) is 12.3. The van der Waals surface area contributed by atoms with E-state index in [0.717, 1.165) is 16.1 Å². The normalized spacial score (nSPS) is 11.9. The fourth-order valence-corrected chi connectivity index (χ4v) is 2.27. The average Bonchev–Trinajstić information content (AvgIpc) is 2.40. The molecule has 2 N–H and O–H groups in total. The molecule has 0 aliphatic carbocycles. The standard InChI is InChI=1S/C15H13BrFNO2/c1-9(10-3-2-4-12(16)7-10)18-14-6-5-11(15(19)20)8-13(14)17/h2-9,18H,1H3,(H,19,20). The predicted molar refractivity (Wildman–Crippen MR) is 79.5 cm³/mol. The maximum atomic E-state index is 13.8. The van der Waals surface area contributed by atoms with Gasteiger partial charge in [-0.15, -0.1) is 0 Å². The van der Waals surface area contributed by atoms with Crippen LogP contribution in [-0.4, -0.2) is 11.1 Å². The van der Waals surface area contributed by atoms with Crippen molar-refractivity contribution in [3.8, 4) is 0 Å². The summed E-state index contributed by atoms with van der Waals surface area (Å²) in [7, 11) is 0. The minimum absolute atomic E-state index is 0.0665. The minimum Gasteiger partial charge on any atom is -0.478 e. The number of hydrogen-bond acceptors (Lipinski definition) is 2. The van der Waals surface area contributed by atoms with Crippen LogP contribution in [0.15, 0.2) is 46.9 Å². The second kappa shape index (κ2) is 6.05.